The van der Waals surface area contributed by atoms with E-state index in [1.165, 1.54) is 11.8 Å². The van der Waals surface area contributed by atoms with Crippen LogP contribution in [0.1, 0.15) is 13.8 Å². The Kier molecular flexibility index (Phi) is 4.67. The molecule has 3 aromatic heterocycles. The Morgan fingerprint density at radius 2 is 1.76 bits per heavy atom. The van der Waals surface area contributed by atoms with E-state index in [4.69, 9.17) is 5.10 Å². The Morgan fingerprint density at radius 1 is 1.00 bits per heavy atom. The van der Waals surface area contributed by atoms with Crippen molar-refractivity contribution in [2.45, 2.75) is 25.5 Å². The number of benzene rings is 1. The third-order valence-corrected chi connectivity index (χ3v) is 6.56. The van der Waals surface area contributed by atoms with Crippen LogP contribution in [0.25, 0.3) is 22.6 Å². The zero-order valence-electron chi connectivity index (χ0n) is 16.7. The number of thioether (sulfide) groups is 1. The van der Waals surface area contributed by atoms with Crippen LogP contribution in [0.5, 0.6) is 0 Å². The minimum Gasteiger partial charge on any atom is -0.339 e. The summed E-state index contributed by atoms with van der Waals surface area (Å²) in [5.74, 6) is 2.01. The highest BCUT2D eigenvalue weighted by atomic mass is 32.2. The number of aromatic nitrogens is 6. The van der Waals surface area contributed by atoms with Gasteiger partial charge in [-0.05, 0) is 25.6 Å². The second-order valence-corrected chi connectivity index (χ2v) is 8.11. The van der Waals surface area contributed by atoms with Gasteiger partial charge in [-0.3, -0.25) is 4.79 Å². The molecule has 1 aliphatic rings. The van der Waals surface area contributed by atoms with E-state index in [9.17, 15) is 4.79 Å². The fourth-order valence-electron chi connectivity index (χ4n) is 4.02. The summed E-state index contributed by atoms with van der Waals surface area (Å²) >= 11 is 1.40. The van der Waals surface area contributed by atoms with Crippen molar-refractivity contribution >= 4 is 40.3 Å². The van der Waals surface area contributed by atoms with Gasteiger partial charge in [-0.1, -0.05) is 30.8 Å². The number of likely N-dealkylation sites (N-methyl/N-ethyl adjacent to an activating group) is 1. The third kappa shape index (κ3) is 2.98. The Hall–Kier alpha value is -2.59. The number of rotatable bonds is 5. The first-order valence-electron chi connectivity index (χ1n) is 10.0. The second kappa shape index (κ2) is 7.34. The van der Waals surface area contributed by atoms with Crippen LogP contribution in [0.2, 0.25) is 0 Å². The number of amides is 1. The molecule has 5 rings (SSSR count). The fourth-order valence-corrected chi connectivity index (χ4v) is 4.80. The molecule has 0 N–H and O–H groups in total. The number of imidazole rings is 1. The summed E-state index contributed by atoms with van der Waals surface area (Å²) in [7, 11) is 0. The van der Waals surface area contributed by atoms with Crippen molar-refractivity contribution in [3.63, 3.8) is 0 Å². The molecule has 0 atom stereocenters. The number of carbonyl (C=O) groups is 1. The zero-order chi connectivity index (χ0) is 20.0. The third-order valence-electron chi connectivity index (χ3n) is 5.65. The molecule has 9 nitrogen and oxygen atoms in total. The molecule has 0 bridgehead atoms. The lowest BCUT2D eigenvalue weighted by Crippen LogP contribution is -2.49. The predicted octanol–water partition coefficient (Wildman–Crippen LogP) is 1.61. The highest BCUT2D eigenvalue weighted by Crippen LogP contribution is 2.25. The van der Waals surface area contributed by atoms with Crippen molar-refractivity contribution in [2.24, 2.45) is 0 Å². The van der Waals surface area contributed by atoms with E-state index in [-0.39, 0.29) is 5.91 Å². The zero-order valence-corrected chi connectivity index (χ0v) is 17.5. The lowest BCUT2D eigenvalue weighted by atomic mass is 10.3. The molecule has 0 unspecified atom stereocenters. The van der Waals surface area contributed by atoms with Gasteiger partial charge in [0.05, 0.1) is 16.8 Å². The molecule has 4 heterocycles. The Morgan fingerprint density at radius 3 is 2.48 bits per heavy atom. The van der Waals surface area contributed by atoms with E-state index in [1.807, 2.05) is 21.4 Å². The number of piperazine rings is 1. The summed E-state index contributed by atoms with van der Waals surface area (Å²) in [5, 5.41) is 14.1. The maximum atomic E-state index is 12.6. The maximum Gasteiger partial charge on any atom is 0.260 e. The van der Waals surface area contributed by atoms with Crippen molar-refractivity contribution in [3.05, 3.63) is 24.3 Å². The van der Waals surface area contributed by atoms with Gasteiger partial charge in [0.25, 0.3) is 5.78 Å². The van der Waals surface area contributed by atoms with Crippen molar-refractivity contribution in [1.82, 2.24) is 38.6 Å². The van der Waals surface area contributed by atoms with Crippen LogP contribution in [0.4, 0.5) is 0 Å². The molecule has 152 valence electrons. The van der Waals surface area contributed by atoms with Crippen LogP contribution >= 0.6 is 11.8 Å². The lowest BCUT2D eigenvalue weighted by Gasteiger charge is -2.33. The molecular weight excluding hydrogens is 388 g/mol. The number of fused-ring (bicyclic) bond motifs is 5. The predicted molar refractivity (Wildman–Crippen MR) is 112 cm³/mol. The molecule has 29 heavy (non-hydrogen) atoms. The molecule has 1 aromatic carbocycles. The normalized spacial score (nSPS) is 15.9. The molecule has 0 radical (unpaired) electrons. The SMILES string of the molecule is CCN1CCN(C(=O)CSc2nnc3n2nc2n(CC)c4ccccc4n23)CC1. The smallest absolute Gasteiger partial charge is 0.260 e. The number of para-hydroxylation sites is 2. The molecule has 1 fully saturated rings. The van der Waals surface area contributed by atoms with E-state index in [0.717, 1.165) is 56.1 Å². The molecule has 0 saturated carbocycles. The maximum absolute atomic E-state index is 12.6. The van der Waals surface area contributed by atoms with E-state index in [1.54, 1.807) is 4.52 Å². The van der Waals surface area contributed by atoms with Crippen molar-refractivity contribution in [3.8, 4) is 0 Å². The standard InChI is InChI=1S/C19H24N8OS/c1-3-23-9-11-24(12-10-23)16(28)13-29-19-21-20-17-26-15-8-6-5-7-14(15)25(4-2)18(26)22-27(17)19/h5-8H,3-4,9-13H2,1-2H3. The highest BCUT2D eigenvalue weighted by molar-refractivity contribution is 7.99. The molecule has 1 saturated heterocycles. The summed E-state index contributed by atoms with van der Waals surface area (Å²) < 4.78 is 5.94. The quantitative estimate of drug-likeness (QED) is 0.464. The summed E-state index contributed by atoms with van der Waals surface area (Å²) in [4.78, 5) is 16.9. The van der Waals surface area contributed by atoms with Crippen LogP contribution in [0.15, 0.2) is 29.4 Å². The first-order chi connectivity index (χ1) is 14.2. The van der Waals surface area contributed by atoms with Crippen molar-refractivity contribution in [1.29, 1.82) is 0 Å². The first-order valence-corrected chi connectivity index (χ1v) is 11.0. The van der Waals surface area contributed by atoms with Gasteiger partial charge < -0.3 is 14.4 Å². The summed E-state index contributed by atoms with van der Waals surface area (Å²) in [5.41, 5.74) is 2.18. The van der Waals surface area contributed by atoms with Gasteiger partial charge in [-0.2, -0.15) is 4.52 Å². The number of nitrogens with zero attached hydrogens (tertiary/aromatic N) is 8. The minimum absolute atomic E-state index is 0.148. The highest BCUT2D eigenvalue weighted by Gasteiger charge is 2.23. The van der Waals surface area contributed by atoms with Crippen LogP contribution < -0.4 is 0 Å². The van der Waals surface area contributed by atoms with E-state index >= 15 is 0 Å². The van der Waals surface area contributed by atoms with Crippen LogP contribution in [-0.4, -0.2) is 83.0 Å². The molecular formula is C19H24N8OS. The molecule has 0 spiro atoms. The average Bonchev–Trinajstić information content (AvgIpc) is 3.41. The Bertz CT molecular complexity index is 1180. The second-order valence-electron chi connectivity index (χ2n) is 7.17. The molecule has 1 amide bonds. The molecule has 1 aliphatic heterocycles. The van der Waals surface area contributed by atoms with Crippen LogP contribution in [0, 0.1) is 0 Å². The number of hydrogen-bond donors (Lipinski definition) is 0. The van der Waals surface area contributed by atoms with Gasteiger partial charge in [0.1, 0.15) is 0 Å². The topological polar surface area (TPSA) is 76.0 Å². The van der Waals surface area contributed by atoms with Crippen molar-refractivity contribution in [2.75, 3.05) is 38.5 Å². The van der Waals surface area contributed by atoms with Crippen molar-refractivity contribution < 1.29 is 4.79 Å². The van der Waals surface area contributed by atoms with Crippen LogP contribution in [0.3, 0.4) is 0 Å². The van der Waals surface area contributed by atoms with Crippen LogP contribution in [-0.2, 0) is 11.3 Å². The molecule has 4 aromatic rings. The lowest BCUT2D eigenvalue weighted by molar-refractivity contribution is -0.130. The van der Waals surface area contributed by atoms with E-state index < -0.39 is 0 Å². The largest absolute Gasteiger partial charge is 0.339 e. The Balaban J connectivity index is 1.40. The molecule has 10 heteroatoms. The van der Waals surface area contributed by atoms with Gasteiger partial charge in [-0.15, -0.1) is 15.3 Å². The minimum atomic E-state index is 0.148. The van der Waals surface area contributed by atoms with Gasteiger partial charge in [0.15, 0.2) is 0 Å². The summed E-state index contributed by atoms with van der Waals surface area (Å²) in [6.07, 6.45) is 0. The van der Waals surface area contributed by atoms with Gasteiger partial charge in [-0.25, -0.2) is 4.40 Å². The van der Waals surface area contributed by atoms with Gasteiger partial charge in [0, 0.05) is 32.7 Å². The van der Waals surface area contributed by atoms with E-state index in [2.05, 4.69) is 45.6 Å². The van der Waals surface area contributed by atoms with Gasteiger partial charge >= 0.3 is 0 Å². The number of carbonyl (C=O) groups excluding carboxylic acids is 1. The number of hydrogen-bond acceptors (Lipinski definition) is 6. The molecule has 0 aliphatic carbocycles. The fraction of sp³-hybridized carbons (Fsp3) is 0.474. The first kappa shape index (κ1) is 18.4. The average molecular weight is 413 g/mol. The summed E-state index contributed by atoms with van der Waals surface area (Å²) in [6, 6.07) is 8.20. The van der Waals surface area contributed by atoms with E-state index in [0.29, 0.717) is 16.7 Å². The van der Waals surface area contributed by atoms with Gasteiger partial charge in [0.2, 0.25) is 16.8 Å². The number of aryl methyl sites for hydroxylation is 1. The Labute approximate surface area is 172 Å². The monoisotopic (exact) mass is 412 g/mol. The summed E-state index contributed by atoms with van der Waals surface area (Å²) in [6.45, 7) is 9.60.